The Morgan fingerprint density at radius 2 is 2.22 bits per heavy atom. The molecule has 0 unspecified atom stereocenters. The van der Waals surface area contributed by atoms with Crippen molar-refractivity contribution in [3.05, 3.63) is 30.1 Å². The second-order valence-corrected chi connectivity index (χ2v) is 1.48. The number of hydrogen-bond donors (Lipinski definition) is 1. The van der Waals surface area contributed by atoms with Crippen LogP contribution in [-0.4, -0.2) is 39.6 Å². The maximum absolute atomic E-state index is 8.48. The van der Waals surface area contributed by atoms with Crippen LogP contribution in [0.1, 0.15) is 5.69 Å². The Kier molecular flexibility index (Phi) is 5.00. The zero-order valence-electron chi connectivity index (χ0n) is 5.41. The molecule has 0 bridgehead atoms. The third-order valence-corrected chi connectivity index (χ3v) is 0.888. The molecule has 2 nitrogen and oxygen atoms in total. The molecule has 1 rings (SSSR count). The number of pyridine rings is 1. The quantitative estimate of drug-likeness (QED) is 0.553. The van der Waals surface area contributed by atoms with Gasteiger partial charge in [-0.15, -0.1) is 0 Å². The standard InChI is InChI=1S/C6H7NO.Na/c8-5-6-3-1-2-4-7-6;/h1-4,8H,5H2;. The topological polar surface area (TPSA) is 33.1 Å². The average Bonchev–Trinajstić information content (AvgIpc) is 1.90. The van der Waals surface area contributed by atoms with E-state index >= 15 is 0 Å². The van der Waals surface area contributed by atoms with Crippen molar-refractivity contribution in [1.82, 2.24) is 4.98 Å². The van der Waals surface area contributed by atoms with E-state index in [-0.39, 0.29) is 36.2 Å². The summed E-state index contributed by atoms with van der Waals surface area (Å²) >= 11 is 0. The Morgan fingerprint density at radius 1 is 1.44 bits per heavy atom. The van der Waals surface area contributed by atoms with Crippen molar-refractivity contribution >= 4 is 29.6 Å². The normalized spacial score (nSPS) is 8.11. The van der Waals surface area contributed by atoms with E-state index in [1.54, 1.807) is 12.3 Å². The van der Waals surface area contributed by atoms with Gasteiger partial charge in [0, 0.05) is 35.8 Å². The van der Waals surface area contributed by atoms with Gasteiger partial charge in [0.15, 0.2) is 0 Å². The van der Waals surface area contributed by atoms with Gasteiger partial charge in [0.1, 0.15) is 0 Å². The second kappa shape index (κ2) is 4.94. The van der Waals surface area contributed by atoms with Gasteiger partial charge in [-0.3, -0.25) is 4.98 Å². The van der Waals surface area contributed by atoms with Crippen molar-refractivity contribution < 1.29 is 5.11 Å². The molecule has 0 amide bonds. The van der Waals surface area contributed by atoms with Crippen molar-refractivity contribution in [2.24, 2.45) is 0 Å². The molecule has 1 N–H and O–H groups in total. The van der Waals surface area contributed by atoms with Crippen molar-refractivity contribution in [1.29, 1.82) is 0 Å². The van der Waals surface area contributed by atoms with E-state index in [0.717, 1.165) is 0 Å². The van der Waals surface area contributed by atoms with Crippen molar-refractivity contribution in [3.8, 4) is 0 Å². The van der Waals surface area contributed by atoms with E-state index in [1.807, 2.05) is 12.1 Å². The summed E-state index contributed by atoms with van der Waals surface area (Å²) in [6.45, 7) is 0.0286. The molecule has 1 heterocycles. The molecule has 3 heteroatoms. The Bertz CT molecular complexity index is 154. The van der Waals surface area contributed by atoms with E-state index in [9.17, 15) is 0 Å². The van der Waals surface area contributed by atoms with Crippen LogP contribution < -0.4 is 0 Å². The minimum Gasteiger partial charge on any atom is -0.390 e. The second-order valence-electron chi connectivity index (χ2n) is 1.48. The average molecular weight is 132 g/mol. The largest absolute Gasteiger partial charge is 0.390 e. The molecule has 0 spiro atoms. The first-order valence-corrected chi connectivity index (χ1v) is 2.44. The Morgan fingerprint density at radius 3 is 2.56 bits per heavy atom. The van der Waals surface area contributed by atoms with E-state index in [0.29, 0.717) is 5.69 Å². The minimum atomic E-state index is 0. The maximum atomic E-state index is 8.48. The predicted molar refractivity (Wildman–Crippen MR) is 35.9 cm³/mol. The van der Waals surface area contributed by atoms with Crippen LogP contribution in [0, 0.1) is 0 Å². The molecule has 0 aliphatic rings. The first-order valence-electron chi connectivity index (χ1n) is 2.44. The van der Waals surface area contributed by atoms with Crippen molar-refractivity contribution in [3.63, 3.8) is 0 Å². The molecule has 43 valence electrons. The first-order chi connectivity index (χ1) is 3.93. The minimum absolute atomic E-state index is 0. The molecule has 0 atom stereocenters. The van der Waals surface area contributed by atoms with Crippen LogP contribution in [0.5, 0.6) is 0 Å². The van der Waals surface area contributed by atoms with E-state index < -0.39 is 0 Å². The third-order valence-electron chi connectivity index (χ3n) is 0.888. The van der Waals surface area contributed by atoms with E-state index in [2.05, 4.69) is 4.98 Å². The number of aliphatic hydroxyl groups excluding tert-OH is 1. The molecule has 0 saturated carbocycles. The molecule has 0 aliphatic carbocycles. The zero-order chi connectivity index (χ0) is 5.82. The fourth-order valence-electron chi connectivity index (χ4n) is 0.492. The summed E-state index contributed by atoms with van der Waals surface area (Å²) in [6.07, 6.45) is 1.66. The van der Waals surface area contributed by atoms with Crippen LogP contribution in [0.15, 0.2) is 24.4 Å². The summed E-state index contributed by atoms with van der Waals surface area (Å²) in [5.41, 5.74) is 0.715. The van der Waals surface area contributed by atoms with Crippen LogP contribution in [0.25, 0.3) is 0 Å². The molecule has 9 heavy (non-hydrogen) atoms. The van der Waals surface area contributed by atoms with Crippen LogP contribution in [0.2, 0.25) is 0 Å². The summed E-state index contributed by atoms with van der Waals surface area (Å²) < 4.78 is 0. The van der Waals surface area contributed by atoms with Crippen LogP contribution in [0.3, 0.4) is 0 Å². The van der Waals surface area contributed by atoms with Crippen LogP contribution in [0.4, 0.5) is 0 Å². The fraction of sp³-hybridized carbons (Fsp3) is 0.167. The summed E-state index contributed by atoms with van der Waals surface area (Å²) in [5, 5.41) is 8.48. The molecule has 0 saturated heterocycles. The maximum Gasteiger partial charge on any atom is 0.0852 e. The Hall–Kier alpha value is 0.110. The number of nitrogens with zero attached hydrogens (tertiary/aromatic N) is 1. The zero-order valence-corrected chi connectivity index (χ0v) is 7.41. The van der Waals surface area contributed by atoms with Gasteiger partial charge >= 0.3 is 0 Å². The Balaban J connectivity index is 0.000000640. The first kappa shape index (κ1) is 9.11. The molecular formula is C6H7NNaO. The van der Waals surface area contributed by atoms with Gasteiger partial charge in [0.05, 0.1) is 12.3 Å². The van der Waals surface area contributed by atoms with E-state index in [1.165, 1.54) is 0 Å². The van der Waals surface area contributed by atoms with Gasteiger partial charge in [0.25, 0.3) is 0 Å². The Labute approximate surface area is 76.2 Å². The van der Waals surface area contributed by atoms with Gasteiger partial charge in [0.2, 0.25) is 0 Å². The van der Waals surface area contributed by atoms with Gasteiger partial charge in [-0.05, 0) is 12.1 Å². The van der Waals surface area contributed by atoms with Crippen LogP contribution in [-0.2, 0) is 6.61 Å². The SMILES string of the molecule is OCc1ccccn1.[Na]. The summed E-state index contributed by atoms with van der Waals surface area (Å²) in [5.74, 6) is 0. The van der Waals surface area contributed by atoms with Gasteiger partial charge in [-0.1, -0.05) is 6.07 Å². The van der Waals surface area contributed by atoms with Gasteiger partial charge in [-0.2, -0.15) is 0 Å². The molecule has 0 fully saturated rings. The number of rotatable bonds is 1. The summed E-state index contributed by atoms with van der Waals surface area (Å²) in [6, 6.07) is 5.44. The third kappa shape index (κ3) is 2.96. The van der Waals surface area contributed by atoms with Gasteiger partial charge in [-0.25, -0.2) is 0 Å². The smallest absolute Gasteiger partial charge is 0.0852 e. The number of aromatic nitrogens is 1. The summed E-state index contributed by atoms with van der Waals surface area (Å²) in [4.78, 5) is 3.85. The van der Waals surface area contributed by atoms with Crippen molar-refractivity contribution in [2.45, 2.75) is 6.61 Å². The summed E-state index contributed by atoms with van der Waals surface area (Å²) in [7, 11) is 0. The van der Waals surface area contributed by atoms with Crippen LogP contribution >= 0.6 is 0 Å². The van der Waals surface area contributed by atoms with E-state index in [4.69, 9.17) is 5.11 Å². The fourth-order valence-corrected chi connectivity index (χ4v) is 0.492. The molecular weight excluding hydrogens is 125 g/mol. The number of hydrogen-bond acceptors (Lipinski definition) is 2. The van der Waals surface area contributed by atoms with Gasteiger partial charge < -0.3 is 5.11 Å². The monoisotopic (exact) mass is 132 g/mol. The molecule has 1 aromatic heterocycles. The van der Waals surface area contributed by atoms with Crippen molar-refractivity contribution in [2.75, 3.05) is 0 Å². The molecule has 1 aromatic rings. The molecule has 1 radical (unpaired) electrons. The molecule has 0 aromatic carbocycles. The predicted octanol–water partition coefficient (Wildman–Crippen LogP) is 0.193. The molecule has 0 aliphatic heterocycles. The number of aliphatic hydroxyl groups is 1.